The van der Waals surface area contributed by atoms with Crippen molar-refractivity contribution in [3.8, 4) is 5.75 Å². The highest BCUT2D eigenvalue weighted by atomic mass is 32.2. The first kappa shape index (κ1) is 31.5. The summed E-state index contributed by atoms with van der Waals surface area (Å²) in [6.45, 7) is -3.82. The fourth-order valence-corrected chi connectivity index (χ4v) is 6.00. The van der Waals surface area contributed by atoms with E-state index in [1.54, 1.807) is 24.3 Å². The van der Waals surface area contributed by atoms with Crippen molar-refractivity contribution < 1.29 is 48.6 Å². The summed E-state index contributed by atoms with van der Waals surface area (Å²) in [5, 5.41) is 0. The topological polar surface area (TPSA) is 43.4 Å². The first-order valence-electron chi connectivity index (χ1n) is 11.9. The second-order valence-corrected chi connectivity index (χ2v) is 11.0. The van der Waals surface area contributed by atoms with Gasteiger partial charge in [-0.25, -0.2) is 22.0 Å². The fraction of sp³-hybridized carbons (Fsp3) is 0.107. The van der Waals surface area contributed by atoms with E-state index in [-0.39, 0.29) is 11.5 Å². The van der Waals surface area contributed by atoms with Gasteiger partial charge in [-0.1, -0.05) is 40.6 Å². The van der Waals surface area contributed by atoms with Gasteiger partial charge in [0.05, 0.1) is 6.61 Å². The van der Waals surface area contributed by atoms with Gasteiger partial charge in [0.25, 0.3) is 0 Å². The van der Waals surface area contributed by atoms with Crippen LogP contribution in [-0.2, 0) is 14.1 Å². The number of rotatable bonds is 8. The van der Waals surface area contributed by atoms with E-state index in [0.29, 0.717) is 22.0 Å². The summed E-state index contributed by atoms with van der Waals surface area (Å²) in [4.78, 5) is 14.2. The zero-order chi connectivity index (χ0) is 30.4. The van der Waals surface area contributed by atoms with E-state index in [1.165, 1.54) is 0 Å². The van der Waals surface area contributed by atoms with E-state index >= 15 is 0 Å². The van der Waals surface area contributed by atoms with Crippen LogP contribution in [0.1, 0.15) is 17.3 Å². The maximum absolute atomic E-state index is 13.9. The zero-order valence-corrected chi connectivity index (χ0v) is 22.0. The van der Waals surface area contributed by atoms with E-state index in [1.807, 2.05) is 67.6 Å². The molecule has 0 aliphatic rings. The lowest BCUT2D eigenvalue weighted by atomic mass is 9.79. The van der Waals surface area contributed by atoms with Gasteiger partial charge in [-0.15, -0.1) is 0 Å². The normalized spacial score (nSPS) is 11.4. The average molecular weight is 600 g/mol. The van der Waals surface area contributed by atoms with Crippen molar-refractivity contribution in [2.45, 2.75) is 16.7 Å². The lowest BCUT2D eigenvalue weighted by molar-refractivity contribution is 0.102. The number of hydrogen-bond acceptors (Lipinski definition) is 3. The summed E-state index contributed by atoms with van der Waals surface area (Å²) in [5.41, 5.74) is -2.19. The second kappa shape index (κ2) is 13.1. The molecule has 0 N–H and O–H groups in total. The minimum absolute atomic E-state index is 0.0605. The van der Waals surface area contributed by atoms with Crippen LogP contribution in [-0.4, -0.2) is 25.1 Å². The largest absolute Gasteiger partial charge is 0.515 e. The molecule has 0 heterocycles. The van der Waals surface area contributed by atoms with E-state index < -0.39 is 51.5 Å². The highest BCUT2D eigenvalue weighted by molar-refractivity contribution is 8.03. The Morgan fingerprint density at radius 3 is 1.49 bits per heavy atom. The standard InChI is InChI=1S/C22H21O3S.C6BF8/c1-2-25-19-15-13-18(14-16-19)22(23)17-26(24,20-9-5-3-6-10-20)21-11-7-4-8-12-21;8-2-1(7(13,14)15)3(9)5(11)6(12)4(2)10/h3-16H,2,17H2,1H3;/q+1;-1. The van der Waals surface area contributed by atoms with Crippen molar-refractivity contribution >= 4 is 28.2 Å². The lowest BCUT2D eigenvalue weighted by Gasteiger charge is -2.17. The third-order valence-corrected chi connectivity index (χ3v) is 8.38. The van der Waals surface area contributed by atoms with Crippen LogP contribution in [0.25, 0.3) is 0 Å². The highest BCUT2D eigenvalue weighted by Gasteiger charge is 2.38. The summed E-state index contributed by atoms with van der Waals surface area (Å²) < 4.78 is 117. The van der Waals surface area contributed by atoms with Crippen LogP contribution < -0.4 is 10.2 Å². The molecular weight excluding hydrogens is 579 g/mol. The van der Waals surface area contributed by atoms with Crippen molar-refractivity contribution in [1.29, 1.82) is 0 Å². The van der Waals surface area contributed by atoms with Crippen LogP contribution in [0, 0.1) is 29.1 Å². The van der Waals surface area contributed by atoms with Crippen molar-refractivity contribution in [3.63, 3.8) is 0 Å². The zero-order valence-electron chi connectivity index (χ0n) is 21.2. The van der Waals surface area contributed by atoms with Gasteiger partial charge in [0.15, 0.2) is 42.9 Å². The summed E-state index contributed by atoms with van der Waals surface area (Å²) in [7, 11) is -2.69. The number of Topliss-reactive ketones (excluding diaryl/α,β-unsaturated/α-hetero) is 1. The maximum Gasteiger partial charge on any atom is 0.515 e. The van der Waals surface area contributed by atoms with Crippen molar-refractivity contribution in [2.75, 3.05) is 12.4 Å². The number of halogens is 8. The Balaban J connectivity index is 0.000000263. The minimum atomic E-state index is -6.30. The second-order valence-electron chi connectivity index (χ2n) is 8.38. The number of carbonyl (C=O) groups excluding carboxylic acids is 1. The molecule has 0 aromatic heterocycles. The van der Waals surface area contributed by atoms with Gasteiger partial charge in [0, 0.05) is 5.56 Å². The third kappa shape index (κ3) is 7.21. The van der Waals surface area contributed by atoms with Crippen molar-refractivity contribution in [1.82, 2.24) is 0 Å². The third-order valence-electron chi connectivity index (χ3n) is 5.64. The van der Waals surface area contributed by atoms with Crippen molar-refractivity contribution in [3.05, 3.63) is 120 Å². The molecule has 216 valence electrons. The van der Waals surface area contributed by atoms with Crippen LogP contribution in [0.2, 0.25) is 0 Å². The number of hydrogen-bond donors (Lipinski definition) is 0. The summed E-state index contributed by atoms with van der Waals surface area (Å²) >= 11 is 0. The summed E-state index contributed by atoms with van der Waals surface area (Å²) in [5.74, 6) is -13.0. The molecule has 0 atom stereocenters. The molecule has 0 amide bonds. The van der Waals surface area contributed by atoms with E-state index in [2.05, 4.69) is 0 Å². The Morgan fingerprint density at radius 1 is 0.683 bits per heavy atom. The fourth-order valence-electron chi connectivity index (χ4n) is 3.66. The molecule has 0 spiro atoms. The van der Waals surface area contributed by atoms with Gasteiger partial charge in [0.2, 0.25) is 5.78 Å². The van der Waals surface area contributed by atoms with E-state index in [0.717, 1.165) is 5.75 Å². The molecule has 0 saturated heterocycles. The number of carbonyl (C=O) groups is 1. The first-order chi connectivity index (χ1) is 19.3. The van der Waals surface area contributed by atoms with Crippen molar-refractivity contribution in [2.24, 2.45) is 0 Å². The molecule has 4 rings (SSSR count). The Morgan fingerprint density at radius 2 is 1.10 bits per heavy atom. The van der Waals surface area contributed by atoms with Gasteiger partial charge < -0.3 is 17.7 Å². The molecule has 0 radical (unpaired) electrons. The Bertz CT molecular complexity index is 1470. The molecule has 0 fully saturated rings. The molecule has 0 aliphatic heterocycles. The van der Waals surface area contributed by atoms with Crippen LogP contribution in [0.15, 0.2) is 94.7 Å². The predicted octanol–water partition coefficient (Wildman–Crippen LogP) is 7.32. The number of ether oxygens (including phenoxy) is 1. The van der Waals surface area contributed by atoms with Crippen LogP contribution >= 0.6 is 0 Å². The maximum atomic E-state index is 13.9. The Hall–Kier alpha value is -4.00. The van der Waals surface area contributed by atoms with Crippen LogP contribution in [0.3, 0.4) is 0 Å². The van der Waals surface area contributed by atoms with Gasteiger partial charge in [-0.2, -0.15) is 0 Å². The molecular formula is C28H21BF8O3S. The molecule has 4 aromatic rings. The molecule has 41 heavy (non-hydrogen) atoms. The molecule has 0 unspecified atom stereocenters. The SMILES string of the molecule is CCOc1ccc(C(=O)C[S+](=O)(c2ccccc2)c2ccccc2)cc1.Fc1c(F)c(F)c([B-](F)(F)F)c(F)c1F. The molecule has 0 bridgehead atoms. The number of benzene rings is 4. The predicted molar refractivity (Wildman–Crippen MR) is 139 cm³/mol. The number of ketones is 1. The van der Waals surface area contributed by atoms with Gasteiger partial charge in [0.1, 0.15) is 17.4 Å². The van der Waals surface area contributed by atoms with Gasteiger partial charge in [-0.3, -0.25) is 4.79 Å². The quantitative estimate of drug-likeness (QED) is 0.0532. The lowest BCUT2D eigenvalue weighted by Crippen LogP contribution is -2.41. The summed E-state index contributed by atoms with van der Waals surface area (Å²) in [6.07, 6.45) is 0. The molecule has 4 aromatic carbocycles. The van der Waals surface area contributed by atoms with Gasteiger partial charge in [-0.05, 0) is 60.9 Å². The Kier molecular flexibility index (Phi) is 10.1. The van der Waals surface area contributed by atoms with E-state index in [9.17, 15) is 43.9 Å². The monoisotopic (exact) mass is 600 g/mol. The summed E-state index contributed by atoms with van der Waals surface area (Å²) in [6, 6.07) is 25.4. The molecule has 3 nitrogen and oxygen atoms in total. The minimum Gasteiger partial charge on any atom is -0.494 e. The highest BCUT2D eigenvalue weighted by Crippen LogP contribution is 2.30. The smallest absolute Gasteiger partial charge is 0.494 e. The van der Waals surface area contributed by atoms with Crippen LogP contribution in [0.5, 0.6) is 5.75 Å². The van der Waals surface area contributed by atoms with Gasteiger partial charge >= 0.3 is 6.98 Å². The molecule has 13 heteroatoms. The van der Waals surface area contributed by atoms with E-state index in [4.69, 9.17) is 4.74 Å². The molecule has 0 aliphatic carbocycles. The van der Waals surface area contributed by atoms with Crippen LogP contribution in [0.4, 0.5) is 34.9 Å². The molecule has 0 saturated carbocycles. The first-order valence-corrected chi connectivity index (χ1v) is 13.6. The average Bonchev–Trinajstić information content (AvgIpc) is 2.96. The Labute approximate surface area is 231 Å².